The van der Waals surface area contributed by atoms with Crippen LogP contribution >= 0.6 is 11.6 Å². The number of hydrogen-bond acceptors (Lipinski definition) is 6. The highest BCUT2D eigenvalue weighted by atomic mass is 35.5. The smallest absolute Gasteiger partial charge is 0.229 e. The van der Waals surface area contributed by atoms with E-state index in [0.29, 0.717) is 11.9 Å². The summed E-state index contributed by atoms with van der Waals surface area (Å²) in [5.74, 6) is 0.894. The van der Waals surface area contributed by atoms with Crippen molar-refractivity contribution in [1.82, 2.24) is 15.0 Å². The third-order valence-corrected chi connectivity index (χ3v) is 3.55. The molecule has 3 N–H and O–H groups in total. The van der Waals surface area contributed by atoms with Gasteiger partial charge < -0.3 is 15.7 Å². The number of aliphatic hydroxyl groups is 1. The van der Waals surface area contributed by atoms with Crippen LogP contribution in [0.3, 0.4) is 0 Å². The van der Waals surface area contributed by atoms with E-state index in [9.17, 15) is 5.11 Å². The molecule has 0 aliphatic heterocycles. The van der Waals surface area contributed by atoms with Crippen LogP contribution in [0.4, 0.5) is 11.9 Å². The van der Waals surface area contributed by atoms with E-state index in [2.05, 4.69) is 32.5 Å². The van der Waals surface area contributed by atoms with Crippen LogP contribution in [0.1, 0.15) is 39.0 Å². The second-order valence-electron chi connectivity index (χ2n) is 4.95. The summed E-state index contributed by atoms with van der Waals surface area (Å²) in [4.78, 5) is 12.4. The van der Waals surface area contributed by atoms with Gasteiger partial charge in [0.15, 0.2) is 0 Å². The van der Waals surface area contributed by atoms with Gasteiger partial charge in [-0.2, -0.15) is 15.0 Å². The number of aliphatic hydroxyl groups excluding tert-OH is 1. The number of nitrogens with one attached hydrogen (secondary N) is 2. The van der Waals surface area contributed by atoms with E-state index in [1.54, 1.807) is 0 Å². The molecule has 0 spiro atoms. The van der Waals surface area contributed by atoms with E-state index in [-0.39, 0.29) is 17.4 Å². The van der Waals surface area contributed by atoms with E-state index in [1.807, 2.05) is 0 Å². The molecule has 6 nitrogen and oxygen atoms in total. The van der Waals surface area contributed by atoms with Gasteiger partial charge in [0, 0.05) is 6.54 Å². The molecule has 106 valence electrons. The third-order valence-electron chi connectivity index (χ3n) is 3.38. The Morgan fingerprint density at radius 2 is 1.89 bits per heavy atom. The van der Waals surface area contributed by atoms with Crippen molar-refractivity contribution >= 4 is 23.5 Å². The van der Waals surface area contributed by atoms with E-state index in [1.165, 1.54) is 0 Å². The highest BCUT2D eigenvalue weighted by Gasteiger charge is 2.33. The molecular weight excluding hydrogens is 266 g/mol. The third kappa shape index (κ3) is 3.67. The van der Waals surface area contributed by atoms with Gasteiger partial charge in [0.2, 0.25) is 17.2 Å². The minimum absolute atomic E-state index is 0.0774. The summed E-state index contributed by atoms with van der Waals surface area (Å²) in [6, 6.07) is 0. The molecule has 1 aromatic heterocycles. The molecule has 1 heterocycles. The first-order chi connectivity index (χ1) is 9.17. The zero-order valence-electron chi connectivity index (χ0n) is 11.1. The lowest BCUT2D eigenvalue weighted by Gasteiger charge is -2.27. The van der Waals surface area contributed by atoms with Gasteiger partial charge in [-0.05, 0) is 30.9 Å². The molecule has 19 heavy (non-hydrogen) atoms. The second kappa shape index (κ2) is 6.34. The predicted octanol–water partition coefficient (Wildman–Crippen LogP) is 2.06. The maximum Gasteiger partial charge on any atom is 0.229 e. The predicted molar refractivity (Wildman–Crippen MR) is 75.5 cm³/mol. The summed E-state index contributed by atoms with van der Waals surface area (Å²) < 4.78 is 0. The van der Waals surface area contributed by atoms with Crippen molar-refractivity contribution in [1.29, 1.82) is 0 Å². The molecule has 0 saturated heterocycles. The zero-order valence-corrected chi connectivity index (χ0v) is 11.9. The second-order valence-corrected chi connectivity index (χ2v) is 5.29. The minimum Gasteiger partial charge on any atom is -0.394 e. The molecule has 0 aromatic carbocycles. The summed E-state index contributed by atoms with van der Waals surface area (Å²) in [6.45, 7) is 2.92. The largest absolute Gasteiger partial charge is 0.394 e. The number of aromatic nitrogens is 3. The van der Waals surface area contributed by atoms with Crippen molar-refractivity contribution in [3.8, 4) is 0 Å². The Kier molecular flexibility index (Phi) is 4.76. The Balaban J connectivity index is 2.12. The molecule has 0 unspecified atom stereocenters. The van der Waals surface area contributed by atoms with Gasteiger partial charge in [0.25, 0.3) is 0 Å². The Bertz CT molecular complexity index is 423. The lowest BCUT2D eigenvalue weighted by atomic mass is 9.99. The van der Waals surface area contributed by atoms with Crippen LogP contribution in [0.2, 0.25) is 5.28 Å². The summed E-state index contributed by atoms with van der Waals surface area (Å²) in [5, 5.41) is 16.0. The van der Waals surface area contributed by atoms with E-state index >= 15 is 0 Å². The number of halogens is 1. The Morgan fingerprint density at radius 1 is 1.21 bits per heavy atom. The first kappa shape index (κ1) is 14.3. The Labute approximate surface area is 118 Å². The first-order valence-corrected chi connectivity index (χ1v) is 7.10. The van der Waals surface area contributed by atoms with Gasteiger partial charge in [-0.15, -0.1) is 0 Å². The normalized spacial score (nSPS) is 17.4. The van der Waals surface area contributed by atoms with Crippen molar-refractivity contribution in [2.24, 2.45) is 0 Å². The molecule has 1 fully saturated rings. The molecule has 1 aliphatic carbocycles. The fraction of sp³-hybridized carbons (Fsp3) is 0.750. The maximum atomic E-state index is 9.58. The lowest BCUT2D eigenvalue weighted by molar-refractivity contribution is 0.213. The fourth-order valence-electron chi connectivity index (χ4n) is 2.33. The lowest BCUT2D eigenvalue weighted by Crippen LogP contribution is -2.39. The molecule has 0 atom stereocenters. The average molecular weight is 286 g/mol. The van der Waals surface area contributed by atoms with Crippen molar-refractivity contribution < 1.29 is 5.11 Å². The SMILES string of the molecule is CCCNc1nc(Cl)nc(NC2(CO)CCCC2)n1. The molecule has 0 bridgehead atoms. The van der Waals surface area contributed by atoms with Crippen LogP contribution in [-0.2, 0) is 0 Å². The summed E-state index contributed by atoms with van der Waals surface area (Å²) in [6.07, 6.45) is 5.03. The highest BCUT2D eigenvalue weighted by Crippen LogP contribution is 2.32. The Morgan fingerprint density at radius 3 is 2.53 bits per heavy atom. The molecule has 2 rings (SSSR count). The Hall–Kier alpha value is -1.14. The van der Waals surface area contributed by atoms with E-state index < -0.39 is 0 Å². The van der Waals surface area contributed by atoms with Crippen molar-refractivity contribution in [3.05, 3.63) is 5.28 Å². The van der Waals surface area contributed by atoms with Crippen molar-refractivity contribution in [2.45, 2.75) is 44.6 Å². The summed E-state index contributed by atoms with van der Waals surface area (Å²) >= 11 is 5.90. The van der Waals surface area contributed by atoms with Gasteiger partial charge in [-0.1, -0.05) is 19.8 Å². The molecular formula is C12H20ClN5O. The molecule has 0 radical (unpaired) electrons. The number of hydrogen-bond donors (Lipinski definition) is 3. The minimum atomic E-state index is -0.313. The van der Waals surface area contributed by atoms with Crippen LogP contribution in [0, 0.1) is 0 Å². The van der Waals surface area contributed by atoms with Crippen LogP contribution in [0.15, 0.2) is 0 Å². The fourth-order valence-corrected chi connectivity index (χ4v) is 2.49. The quantitative estimate of drug-likeness (QED) is 0.742. The van der Waals surface area contributed by atoms with Crippen molar-refractivity contribution in [2.75, 3.05) is 23.8 Å². The topological polar surface area (TPSA) is 83.0 Å². The van der Waals surface area contributed by atoms with E-state index in [0.717, 1.165) is 38.6 Å². The molecule has 1 aliphatic rings. The summed E-state index contributed by atoms with van der Waals surface area (Å²) in [7, 11) is 0. The maximum absolute atomic E-state index is 9.58. The molecule has 1 saturated carbocycles. The van der Waals surface area contributed by atoms with Gasteiger partial charge in [0.05, 0.1) is 12.1 Å². The standard InChI is InChI=1S/C12H20ClN5O/c1-2-7-14-10-15-9(13)16-11(17-10)18-12(8-19)5-3-4-6-12/h19H,2-8H2,1H3,(H2,14,15,16,17,18). The van der Waals surface area contributed by atoms with Crippen LogP contribution < -0.4 is 10.6 Å². The number of nitrogens with zero attached hydrogens (tertiary/aromatic N) is 3. The van der Waals surface area contributed by atoms with Crippen LogP contribution in [0.25, 0.3) is 0 Å². The monoisotopic (exact) mass is 285 g/mol. The molecule has 1 aromatic rings. The number of rotatable bonds is 6. The zero-order chi connectivity index (χ0) is 13.7. The highest BCUT2D eigenvalue weighted by molar-refractivity contribution is 6.28. The van der Waals surface area contributed by atoms with Crippen molar-refractivity contribution in [3.63, 3.8) is 0 Å². The van der Waals surface area contributed by atoms with Crippen LogP contribution in [0.5, 0.6) is 0 Å². The first-order valence-electron chi connectivity index (χ1n) is 6.72. The van der Waals surface area contributed by atoms with Gasteiger partial charge >= 0.3 is 0 Å². The van der Waals surface area contributed by atoms with Gasteiger partial charge in [0.1, 0.15) is 0 Å². The van der Waals surface area contributed by atoms with Gasteiger partial charge in [-0.25, -0.2) is 0 Å². The van der Waals surface area contributed by atoms with Crippen LogP contribution in [-0.4, -0.2) is 38.7 Å². The molecule has 0 amide bonds. The average Bonchev–Trinajstić information content (AvgIpc) is 2.85. The summed E-state index contributed by atoms with van der Waals surface area (Å²) in [5.41, 5.74) is -0.313. The van der Waals surface area contributed by atoms with E-state index in [4.69, 9.17) is 11.6 Å². The molecule has 7 heteroatoms. The van der Waals surface area contributed by atoms with Gasteiger partial charge in [-0.3, -0.25) is 0 Å². The number of anilines is 2.